The van der Waals surface area contributed by atoms with Crippen LogP contribution in [-0.4, -0.2) is 6.54 Å². The summed E-state index contributed by atoms with van der Waals surface area (Å²) in [6.45, 7) is 6.96. The van der Waals surface area contributed by atoms with E-state index in [4.69, 9.17) is 0 Å². The smallest absolute Gasteiger partial charge is 0.128 e. The van der Waals surface area contributed by atoms with E-state index in [9.17, 15) is 4.39 Å². The van der Waals surface area contributed by atoms with Crippen molar-refractivity contribution >= 4 is 0 Å². The van der Waals surface area contributed by atoms with Gasteiger partial charge in [0.15, 0.2) is 0 Å². The average Bonchev–Trinajstić information content (AvgIpc) is 2.41. The third-order valence-electron chi connectivity index (χ3n) is 3.50. The zero-order chi connectivity index (χ0) is 14.5. The van der Waals surface area contributed by atoms with Gasteiger partial charge in [0.1, 0.15) is 5.82 Å². The lowest BCUT2D eigenvalue weighted by Crippen LogP contribution is -2.24. The van der Waals surface area contributed by atoms with Gasteiger partial charge in [0.2, 0.25) is 0 Å². The van der Waals surface area contributed by atoms with Gasteiger partial charge in [-0.15, -0.1) is 0 Å². The largest absolute Gasteiger partial charge is 0.310 e. The van der Waals surface area contributed by atoms with Crippen LogP contribution in [0.25, 0.3) is 0 Å². The van der Waals surface area contributed by atoms with E-state index in [0.29, 0.717) is 0 Å². The molecule has 0 radical (unpaired) electrons. The summed E-state index contributed by atoms with van der Waals surface area (Å²) < 4.78 is 14.1. The molecule has 0 saturated carbocycles. The quantitative estimate of drug-likeness (QED) is 0.853. The lowest BCUT2D eigenvalue weighted by Gasteiger charge is -2.20. The molecular weight excluding hydrogens is 249 g/mol. The first-order valence-electron chi connectivity index (χ1n) is 7.15. The van der Waals surface area contributed by atoms with Crippen molar-refractivity contribution in [1.29, 1.82) is 0 Å². The minimum Gasteiger partial charge on any atom is -0.310 e. The lowest BCUT2D eigenvalue weighted by molar-refractivity contribution is 0.509. The third kappa shape index (κ3) is 3.67. The van der Waals surface area contributed by atoms with Crippen molar-refractivity contribution in [3.63, 3.8) is 0 Å². The van der Waals surface area contributed by atoms with Crippen molar-refractivity contribution in [2.45, 2.75) is 33.2 Å². The molecule has 0 fully saturated rings. The molecule has 0 aliphatic rings. The molecule has 0 aliphatic carbocycles. The van der Waals surface area contributed by atoms with Gasteiger partial charge in [0.25, 0.3) is 0 Å². The second-order valence-electron chi connectivity index (χ2n) is 5.33. The number of likely N-dealkylation sites (N-methyl/N-ethyl adjacent to an activating group) is 1. The van der Waals surface area contributed by atoms with E-state index in [0.717, 1.165) is 24.1 Å². The molecule has 2 heteroatoms. The molecule has 1 atom stereocenters. The highest BCUT2D eigenvalue weighted by Gasteiger charge is 2.15. The predicted octanol–water partition coefficient (Wildman–Crippen LogP) is 4.34. The van der Waals surface area contributed by atoms with E-state index in [1.807, 2.05) is 19.1 Å². The molecule has 1 nitrogen and oxygen atoms in total. The molecule has 1 N–H and O–H groups in total. The van der Waals surface area contributed by atoms with Crippen LogP contribution >= 0.6 is 0 Å². The van der Waals surface area contributed by atoms with Gasteiger partial charge < -0.3 is 5.32 Å². The number of nitrogens with one attached hydrogen (secondary N) is 1. The normalized spacial score (nSPS) is 12.4. The van der Waals surface area contributed by atoms with Crippen LogP contribution in [0.15, 0.2) is 42.5 Å². The molecule has 2 rings (SSSR count). The molecule has 20 heavy (non-hydrogen) atoms. The van der Waals surface area contributed by atoms with E-state index in [2.05, 4.69) is 43.4 Å². The summed E-state index contributed by atoms with van der Waals surface area (Å²) in [7, 11) is 0. The van der Waals surface area contributed by atoms with Crippen molar-refractivity contribution in [3.8, 4) is 0 Å². The Kier molecular flexibility index (Phi) is 4.91. The SMILES string of the molecule is CCNC(Cc1cccc(C)c1)c1cc(C)ccc1F. The fraction of sp³-hybridized carbons (Fsp3) is 0.333. The first-order valence-corrected chi connectivity index (χ1v) is 7.15. The lowest BCUT2D eigenvalue weighted by atomic mass is 9.96. The van der Waals surface area contributed by atoms with Gasteiger partial charge in [-0.3, -0.25) is 0 Å². The summed E-state index contributed by atoms with van der Waals surface area (Å²) in [6.07, 6.45) is 0.801. The Morgan fingerprint density at radius 3 is 2.50 bits per heavy atom. The molecule has 2 aromatic carbocycles. The fourth-order valence-electron chi connectivity index (χ4n) is 2.54. The van der Waals surface area contributed by atoms with Gasteiger partial charge in [-0.1, -0.05) is 54.4 Å². The van der Waals surface area contributed by atoms with E-state index < -0.39 is 0 Å². The minimum atomic E-state index is -0.130. The highest BCUT2D eigenvalue weighted by molar-refractivity contribution is 5.30. The first-order chi connectivity index (χ1) is 9.60. The van der Waals surface area contributed by atoms with Crippen molar-refractivity contribution in [1.82, 2.24) is 5.32 Å². The van der Waals surface area contributed by atoms with Gasteiger partial charge in [-0.05, 0) is 38.4 Å². The summed E-state index contributed by atoms with van der Waals surface area (Å²) in [4.78, 5) is 0. The Balaban J connectivity index is 2.29. The Morgan fingerprint density at radius 2 is 1.80 bits per heavy atom. The summed E-state index contributed by atoms with van der Waals surface area (Å²) in [5, 5.41) is 3.39. The van der Waals surface area contributed by atoms with Gasteiger partial charge in [0, 0.05) is 11.6 Å². The summed E-state index contributed by atoms with van der Waals surface area (Å²) in [6, 6.07) is 13.7. The monoisotopic (exact) mass is 271 g/mol. The fourth-order valence-corrected chi connectivity index (χ4v) is 2.54. The molecule has 0 heterocycles. The molecule has 0 aliphatic heterocycles. The van der Waals surface area contributed by atoms with Crippen molar-refractivity contribution < 1.29 is 4.39 Å². The maximum atomic E-state index is 14.1. The predicted molar refractivity (Wildman–Crippen MR) is 82.4 cm³/mol. The number of hydrogen-bond donors (Lipinski definition) is 1. The zero-order valence-electron chi connectivity index (χ0n) is 12.4. The average molecular weight is 271 g/mol. The number of aryl methyl sites for hydroxylation is 2. The first kappa shape index (κ1) is 14.7. The van der Waals surface area contributed by atoms with Crippen LogP contribution in [0.1, 0.15) is 35.2 Å². The Bertz CT molecular complexity index is 577. The molecule has 2 aromatic rings. The standard InChI is InChI=1S/C18H22FN/c1-4-20-18(12-15-7-5-6-13(2)10-15)16-11-14(3)8-9-17(16)19/h5-11,18,20H,4,12H2,1-3H3. The van der Waals surface area contributed by atoms with Gasteiger partial charge >= 0.3 is 0 Å². The molecular formula is C18H22FN. The number of halogens is 1. The molecule has 1 unspecified atom stereocenters. The van der Waals surface area contributed by atoms with Crippen LogP contribution in [-0.2, 0) is 6.42 Å². The van der Waals surface area contributed by atoms with Gasteiger partial charge in [-0.2, -0.15) is 0 Å². The number of rotatable bonds is 5. The highest BCUT2D eigenvalue weighted by atomic mass is 19.1. The second kappa shape index (κ2) is 6.67. The Labute approximate surface area is 120 Å². The van der Waals surface area contributed by atoms with Crippen LogP contribution < -0.4 is 5.32 Å². The molecule has 0 amide bonds. The number of hydrogen-bond acceptors (Lipinski definition) is 1. The van der Waals surface area contributed by atoms with Gasteiger partial charge in [-0.25, -0.2) is 4.39 Å². The van der Waals surface area contributed by atoms with Crippen molar-refractivity contribution in [2.75, 3.05) is 6.54 Å². The van der Waals surface area contributed by atoms with Crippen LogP contribution in [0, 0.1) is 19.7 Å². The second-order valence-corrected chi connectivity index (χ2v) is 5.33. The molecule has 0 aromatic heterocycles. The van der Waals surface area contributed by atoms with E-state index >= 15 is 0 Å². The van der Waals surface area contributed by atoms with Crippen molar-refractivity contribution in [2.24, 2.45) is 0 Å². The van der Waals surface area contributed by atoms with Crippen LogP contribution in [0.2, 0.25) is 0 Å². The summed E-state index contributed by atoms with van der Waals surface area (Å²) in [5.74, 6) is -0.130. The highest BCUT2D eigenvalue weighted by Crippen LogP contribution is 2.23. The molecule has 106 valence electrons. The maximum absolute atomic E-state index is 14.1. The van der Waals surface area contributed by atoms with Crippen LogP contribution in [0.3, 0.4) is 0 Å². The topological polar surface area (TPSA) is 12.0 Å². The van der Waals surface area contributed by atoms with Crippen LogP contribution in [0.4, 0.5) is 4.39 Å². The van der Waals surface area contributed by atoms with Crippen LogP contribution in [0.5, 0.6) is 0 Å². The van der Waals surface area contributed by atoms with E-state index in [1.165, 1.54) is 11.1 Å². The third-order valence-corrected chi connectivity index (χ3v) is 3.50. The Morgan fingerprint density at radius 1 is 1.05 bits per heavy atom. The summed E-state index contributed by atoms with van der Waals surface area (Å²) >= 11 is 0. The van der Waals surface area contributed by atoms with Gasteiger partial charge in [0.05, 0.1) is 0 Å². The van der Waals surface area contributed by atoms with E-state index in [-0.39, 0.29) is 11.9 Å². The summed E-state index contributed by atoms with van der Waals surface area (Å²) in [5.41, 5.74) is 4.32. The minimum absolute atomic E-state index is 0.0155. The van der Waals surface area contributed by atoms with E-state index in [1.54, 1.807) is 6.07 Å². The zero-order valence-corrected chi connectivity index (χ0v) is 12.4. The molecule has 0 saturated heterocycles. The molecule has 0 bridgehead atoms. The Hall–Kier alpha value is -1.67. The molecule has 0 spiro atoms. The number of benzene rings is 2. The maximum Gasteiger partial charge on any atom is 0.128 e. The van der Waals surface area contributed by atoms with Crippen molar-refractivity contribution in [3.05, 3.63) is 70.5 Å².